The lowest BCUT2D eigenvalue weighted by atomic mass is 10.0. The van der Waals surface area contributed by atoms with Crippen molar-refractivity contribution in [3.05, 3.63) is 42.1 Å². The Balaban J connectivity index is 1.71. The molecule has 2 N–H and O–H groups in total. The number of anilines is 1. The van der Waals surface area contributed by atoms with E-state index in [9.17, 15) is 15.2 Å². The van der Waals surface area contributed by atoms with Crippen molar-refractivity contribution in [2.45, 2.75) is 19.4 Å². The number of para-hydroxylation sites is 1. The molecule has 1 aliphatic heterocycles. The summed E-state index contributed by atoms with van der Waals surface area (Å²) in [5.74, 6) is 0.391. The molecule has 0 aliphatic carbocycles. The second-order valence-corrected chi connectivity index (χ2v) is 6.34. The number of hydrogen-bond donors (Lipinski definition) is 2. The Labute approximate surface area is 146 Å². The van der Waals surface area contributed by atoms with E-state index in [0.29, 0.717) is 17.9 Å². The molecular weight excluding hydrogens is 318 g/mol. The fourth-order valence-corrected chi connectivity index (χ4v) is 3.09. The van der Waals surface area contributed by atoms with Crippen LogP contribution in [0.15, 0.2) is 36.5 Å². The number of amides is 1. The number of carbonyl (C=O) groups excluding carboxylic acids is 1. The molecule has 0 radical (unpaired) electrons. The van der Waals surface area contributed by atoms with Gasteiger partial charge in [0.1, 0.15) is 11.6 Å². The van der Waals surface area contributed by atoms with Gasteiger partial charge < -0.3 is 10.4 Å². The number of nitrogens with one attached hydrogen (secondary N) is 1. The molecule has 3 rings (SSSR count). The Hall–Kier alpha value is -2.69. The van der Waals surface area contributed by atoms with Crippen LogP contribution in [0.25, 0.3) is 5.69 Å². The summed E-state index contributed by atoms with van der Waals surface area (Å²) in [7, 11) is 0. The normalized spacial score (nSPS) is 18.7. The zero-order valence-electron chi connectivity index (χ0n) is 14.1. The van der Waals surface area contributed by atoms with Crippen LogP contribution in [0.2, 0.25) is 0 Å². The molecule has 130 valence electrons. The Morgan fingerprint density at radius 2 is 2.24 bits per heavy atom. The summed E-state index contributed by atoms with van der Waals surface area (Å²) in [6.45, 7) is 3.50. The minimum Gasteiger partial charge on any atom is -0.393 e. The molecule has 1 aromatic heterocycles. The van der Waals surface area contributed by atoms with Crippen molar-refractivity contribution in [3.8, 4) is 11.8 Å². The minimum absolute atomic E-state index is 0.194. The predicted octanol–water partition coefficient (Wildman–Crippen LogP) is 1.39. The van der Waals surface area contributed by atoms with Crippen LogP contribution < -0.4 is 5.32 Å². The molecule has 7 nitrogen and oxygen atoms in total. The summed E-state index contributed by atoms with van der Waals surface area (Å²) >= 11 is 0. The molecular formula is C18H21N5O2. The number of aliphatic hydroxyl groups is 1. The molecule has 1 aliphatic rings. The Bertz CT molecular complexity index is 779. The van der Waals surface area contributed by atoms with Crippen molar-refractivity contribution in [2.75, 3.05) is 25.0 Å². The SMILES string of the molecule is CC(O)C1CCN(CC(=O)Nc2c(C#N)cnn2-c2ccccc2)C1. The average Bonchev–Trinajstić information content (AvgIpc) is 3.22. The highest BCUT2D eigenvalue weighted by atomic mass is 16.3. The fraction of sp³-hybridized carbons (Fsp3) is 0.389. The lowest BCUT2D eigenvalue weighted by molar-refractivity contribution is -0.117. The lowest BCUT2D eigenvalue weighted by Crippen LogP contribution is -2.33. The number of aromatic nitrogens is 2. The number of nitriles is 1. The largest absolute Gasteiger partial charge is 0.393 e. The molecule has 0 bridgehead atoms. The molecule has 0 saturated carbocycles. The highest BCUT2D eigenvalue weighted by Crippen LogP contribution is 2.21. The van der Waals surface area contributed by atoms with Gasteiger partial charge in [0.2, 0.25) is 5.91 Å². The third kappa shape index (κ3) is 3.87. The highest BCUT2D eigenvalue weighted by molar-refractivity contribution is 5.93. The van der Waals surface area contributed by atoms with E-state index >= 15 is 0 Å². The quantitative estimate of drug-likeness (QED) is 0.858. The van der Waals surface area contributed by atoms with Gasteiger partial charge in [0, 0.05) is 6.54 Å². The maximum atomic E-state index is 12.4. The first-order valence-electron chi connectivity index (χ1n) is 8.32. The van der Waals surface area contributed by atoms with Gasteiger partial charge in [-0.15, -0.1) is 0 Å². The molecule has 25 heavy (non-hydrogen) atoms. The van der Waals surface area contributed by atoms with Crippen molar-refractivity contribution in [3.63, 3.8) is 0 Å². The van der Waals surface area contributed by atoms with Gasteiger partial charge in [-0.05, 0) is 37.9 Å². The molecule has 1 saturated heterocycles. The van der Waals surface area contributed by atoms with Gasteiger partial charge in [-0.3, -0.25) is 9.69 Å². The Morgan fingerprint density at radius 1 is 1.48 bits per heavy atom. The number of rotatable bonds is 5. The summed E-state index contributed by atoms with van der Waals surface area (Å²) in [6, 6.07) is 11.4. The summed E-state index contributed by atoms with van der Waals surface area (Å²) in [4.78, 5) is 14.4. The molecule has 7 heteroatoms. The monoisotopic (exact) mass is 339 g/mol. The van der Waals surface area contributed by atoms with Gasteiger partial charge in [0.05, 0.1) is 24.5 Å². The first kappa shape index (κ1) is 17.1. The van der Waals surface area contributed by atoms with Gasteiger partial charge in [-0.1, -0.05) is 18.2 Å². The van der Waals surface area contributed by atoms with Crippen LogP contribution in [-0.4, -0.2) is 51.4 Å². The maximum absolute atomic E-state index is 12.4. The van der Waals surface area contributed by atoms with Crippen molar-refractivity contribution in [1.29, 1.82) is 5.26 Å². The van der Waals surface area contributed by atoms with Crippen LogP contribution in [0.5, 0.6) is 0 Å². The smallest absolute Gasteiger partial charge is 0.239 e. The van der Waals surface area contributed by atoms with Crippen LogP contribution in [-0.2, 0) is 4.79 Å². The van der Waals surface area contributed by atoms with E-state index in [1.807, 2.05) is 35.2 Å². The van der Waals surface area contributed by atoms with Gasteiger partial charge in [-0.2, -0.15) is 10.4 Å². The summed E-state index contributed by atoms with van der Waals surface area (Å²) in [5.41, 5.74) is 1.09. The minimum atomic E-state index is -0.363. The average molecular weight is 339 g/mol. The van der Waals surface area contributed by atoms with Gasteiger partial charge in [0.15, 0.2) is 5.82 Å². The molecule has 0 spiro atoms. The lowest BCUT2D eigenvalue weighted by Gasteiger charge is -2.17. The van der Waals surface area contributed by atoms with Gasteiger partial charge in [-0.25, -0.2) is 4.68 Å². The number of benzene rings is 1. The summed E-state index contributed by atoms with van der Waals surface area (Å²) in [6.07, 6.45) is 1.97. The molecule has 2 atom stereocenters. The van der Waals surface area contributed by atoms with Crippen LogP contribution in [0.4, 0.5) is 5.82 Å². The third-order valence-electron chi connectivity index (χ3n) is 4.51. The van der Waals surface area contributed by atoms with E-state index in [1.165, 1.54) is 6.20 Å². The number of nitrogens with zero attached hydrogens (tertiary/aromatic N) is 4. The second-order valence-electron chi connectivity index (χ2n) is 6.34. The molecule has 2 heterocycles. The number of hydrogen-bond acceptors (Lipinski definition) is 5. The van der Waals surface area contributed by atoms with Crippen molar-refractivity contribution in [1.82, 2.24) is 14.7 Å². The summed E-state index contributed by atoms with van der Waals surface area (Å²) < 4.78 is 1.55. The maximum Gasteiger partial charge on any atom is 0.239 e. The molecule has 2 aromatic rings. The number of carbonyl (C=O) groups is 1. The van der Waals surface area contributed by atoms with Crippen LogP contribution in [0.1, 0.15) is 18.9 Å². The van der Waals surface area contributed by atoms with Gasteiger partial charge >= 0.3 is 0 Å². The Morgan fingerprint density at radius 3 is 2.88 bits per heavy atom. The van der Waals surface area contributed by atoms with E-state index in [-0.39, 0.29) is 24.5 Å². The molecule has 1 fully saturated rings. The Kier molecular flexibility index (Phi) is 5.12. The van der Waals surface area contributed by atoms with E-state index in [0.717, 1.165) is 18.7 Å². The zero-order chi connectivity index (χ0) is 17.8. The summed E-state index contributed by atoms with van der Waals surface area (Å²) in [5, 5.41) is 26.0. The van der Waals surface area contributed by atoms with E-state index < -0.39 is 0 Å². The van der Waals surface area contributed by atoms with Crippen LogP contribution >= 0.6 is 0 Å². The first-order chi connectivity index (χ1) is 12.1. The number of likely N-dealkylation sites (tertiary alicyclic amines) is 1. The molecule has 1 aromatic carbocycles. The van der Waals surface area contributed by atoms with Crippen molar-refractivity contribution < 1.29 is 9.90 Å². The van der Waals surface area contributed by atoms with Gasteiger partial charge in [0.25, 0.3) is 0 Å². The van der Waals surface area contributed by atoms with E-state index in [1.54, 1.807) is 11.6 Å². The predicted molar refractivity (Wildman–Crippen MR) is 93.1 cm³/mol. The second kappa shape index (κ2) is 7.47. The molecule has 2 unspecified atom stereocenters. The van der Waals surface area contributed by atoms with E-state index in [4.69, 9.17) is 0 Å². The van der Waals surface area contributed by atoms with E-state index in [2.05, 4.69) is 16.5 Å². The standard InChI is InChI=1S/C18H21N5O2/c1-13(24)14-7-8-22(11-14)12-17(25)21-18-15(9-19)10-20-23(18)16-5-3-2-4-6-16/h2-6,10,13-14,24H,7-8,11-12H2,1H3,(H,21,25). The van der Waals surface area contributed by atoms with Crippen molar-refractivity contribution in [2.24, 2.45) is 5.92 Å². The number of aliphatic hydroxyl groups excluding tert-OH is 1. The topological polar surface area (TPSA) is 94.2 Å². The highest BCUT2D eigenvalue weighted by Gasteiger charge is 2.27. The van der Waals surface area contributed by atoms with Crippen LogP contribution in [0, 0.1) is 17.2 Å². The van der Waals surface area contributed by atoms with Crippen LogP contribution in [0.3, 0.4) is 0 Å². The van der Waals surface area contributed by atoms with Crippen molar-refractivity contribution >= 4 is 11.7 Å². The first-order valence-corrected chi connectivity index (χ1v) is 8.32. The molecule has 1 amide bonds. The third-order valence-corrected chi connectivity index (χ3v) is 4.51. The zero-order valence-corrected chi connectivity index (χ0v) is 14.1. The fourth-order valence-electron chi connectivity index (χ4n) is 3.09.